The maximum absolute atomic E-state index is 5.54. The molecule has 28 heavy (non-hydrogen) atoms. The van der Waals surface area contributed by atoms with Crippen LogP contribution in [0.25, 0.3) is 0 Å². The number of fused-ring (bicyclic) bond motifs is 2. The van der Waals surface area contributed by atoms with Gasteiger partial charge in [0.05, 0.1) is 26.3 Å². The van der Waals surface area contributed by atoms with E-state index in [4.69, 9.17) is 18.9 Å². The van der Waals surface area contributed by atoms with Crippen molar-refractivity contribution >= 4 is 5.95 Å². The smallest absolute Gasteiger partial charge is 0.243 e. The van der Waals surface area contributed by atoms with Gasteiger partial charge in [-0.3, -0.25) is 0 Å². The van der Waals surface area contributed by atoms with Gasteiger partial charge in [0.2, 0.25) is 12.7 Å². The first-order valence-electron chi connectivity index (χ1n) is 8.92. The average Bonchev–Trinajstić information content (AvgIpc) is 3.40. The summed E-state index contributed by atoms with van der Waals surface area (Å²) in [5.74, 6) is 3.50. The lowest BCUT2D eigenvalue weighted by Gasteiger charge is -2.31. The highest BCUT2D eigenvalue weighted by Crippen LogP contribution is 2.42. The van der Waals surface area contributed by atoms with Crippen molar-refractivity contribution in [1.82, 2.24) is 20.2 Å². The third-order valence-electron chi connectivity index (χ3n) is 5.14. The zero-order valence-electron chi connectivity index (χ0n) is 15.5. The molecule has 0 fully saturated rings. The highest BCUT2D eigenvalue weighted by Gasteiger charge is 2.32. The van der Waals surface area contributed by atoms with E-state index in [1.54, 1.807) is 18.9 Å². The fourth-order valence-corrected chi connectivity index (χ4v) is 3.72. The molecule has 0 radical (unpaired) electrons. The van der Waals surface area contributed by atoms with Gasteiger partial charge in [0.25, 0.3) is 0 Å². The number of nitrogens with one attached hydrogen (secondary N) is 1. The first-order valence-corrected chi connectivity index (χ1v) is 8.92. The molecule has 0 aliphatic carbocycles. The number of hydrogen-bond acceptors (Lipinski definition) is 8. The van der Waals surface area contributed by atoms with Crippen LogP contribution in [0.15, 0.2) is 36.4 Å². The van der Waals surface area contributed by atoms with E-state index in [0.717, 1.165) is 29.0 Å². The second-order valence-electron chi connectivity index (χ2n) is 6.62. The van der Waals surface area contributed by atoms with Crippen LogP contribution in [0.3, 0.4) is 0 Å². The van der Waals surface area contributed by atoms with Crippen LogP contribution < -0.4 is 24.3 Å². The second-order valence-corrected chi connectivity index (χ2v) is 6.62. The Labute approximate surface area is 161 Å². The largest absolute Gasteiger partial charge is 0.493 e. The molecule has 144 valence electrons. The van der Waals surface area contributed by atoms with Crippen molar-refractivity contribution < 1.29 is 18.9 Å². The molecule has 1 aromatic heterocycles. The summed E-state index contributed by atoms with van der Waals surface area (Å²) in [7, 11) is 3.26. The van der Waals surface area contributed by atoms with Gasteiger partial charge in [0.15, 0.2) is 23.0 Å². The normalized spacial score (nSPS) is 19.6. The highest BCUT2D eigenvalue weighted by atomic mass is 16.7. The van der Waals surface area contributed by atoms with Crippen LogP contribution in [0.1, 0.15) is 29.6 Å². The molecular weight excluding hydrogens is 362 g/mol. The predicted molar refractivity (Wildman–Crippen MR) is 99.0 cm³/mol. The number of benzene rings is 2. The summed E-state index contributed by atoms with van der Waals surface area (Å²) >= 11 is 0. The Hall–Kier alpha value is -3.49. The zero-order valence-corrected chi connectivity index (χ0v) is 15.5. The van der Waals surface area contributed by atoms with Crippen LogP contribution in [0, 0.1) is 0 Å². The summed E-state index contributed by atoms with van der Waals surface area (Å²) in [5, 5.41) is 15.6. The summed E-state index contributed by atoms with van der Waals surface area (Å²) in [6.45, 7) is 0.245. The third kappa shape index (κ3) is 2.67. The van der Waals surface area contributed by atoms with Gasteiger partial charge in [-0.2, -0.15) is 0 Å². The number of hydrogen-bond donors (Lipinski definition) is 1. The van der Waals surface area contributed by atoms with E-state index in [2.05, 4.69) is 20.8 Å². The third-order valence-corrected chi connectivity index (χ3v) is 5.14. The Morgan fingerprint density at radius 2 is 1.82 bits per heavy atom. The van der Waals surface area contributed by atoms with Gasteiger partial charge in [-0.25, -0.2) is 4.68 Å². The molecule has 0 saturated heterocycles. The van der Waals surface area contributed by atoms with E-state index < -0.39 is 0 Å². The predicted octanol–water partition coefficient (Wildman–Crippen LogP) is 2.57. The Balaban J connectivity index is 1.52. The van der Waals surface area contributed by atoms with Crippen LogP contribution >= 0.6 is 0 Å². The maximum atomic E-state index is 5.54. The van der Waals surface area contributed by atoms with Crippen molar-refractivity contribution in [3.8, 4) is 23.0 Å². The Bertz CT molecular complexity index is 1020. The number of aromatic nitrogens is 4. The summed E-state index contributed by atoms with van der Waals surface area (Å²) in [4.78, 5) is 0. The topological polar surface area (TPSA) is 92.6 Å². The molecule has 9 nitrogen and oxygen atoms in total. The van der Waals surface area contributed by atoms with Crippen molar-refractivity contribution in [2.24, 2.45) is 0 Å². The summed E-state index contributed by atoms with van der Waals surface area (Å²) in [6, 6.07) is 11.8. The lowest BCUT2D eigenvalue weighted by molar-refractivity contribution is 0.174. The van der Waals surface area contributed by atoms with Gasteiger partial charge in [-0.05, 0) is 52.2 Å². The molecule has 0 saturated carbocycles. The van der Waals surface area contributed by atoms with Crippen molar-refractivity contribution in [2.45, 2.75) is 18.5 Å². The minimum Gasteiger partial charge on any atom is -0.493 e. The minimum atomic E-state index is -0.0427. The van der Waals surface area contributed by atoms with E-state index in [9.17, 15) is 0 Å². The molecule has 3 heterocycles. The molecule has 0 bridgehead atoms. The van der Waals surface area contributed by atoms with Gasteiger partial charge < -0.3 is 24.3 Å². The molecular formula is C19H19N5O4. The molecule has 1 N–H and O–H groups in total. The van der Waals surface area contributed by atoms with E-state index in [1.807, 2.05) is 36.4 Å². The van der Waals surface area contributed by atoms with Crippen LogP contribution in [0.2, 0.25) is 0 Å². The summed E-state index contributed by atoms with van der Waals surface area (Å²) in [6.07, 6.45) is 0.757. The Morgan fingerprint density at radius 1 is 1.00 bits per heavy atom. The number of nitrogens with zero attached hydrogens (tertiary/aromatic N) is 4. The molecule has 2 aromatic carbocycles. The van der Waals surface area contributed by atoms with Crippen LogP contribution in [-0.4, -0.2) is 41.2 Å². The standard InChI is InChI=1S/C19H19N5O4/c1-25-15-5-3-11(7-17(15)26-2)13-9-14(24-19(20-13)21-22-23-24)12-4-6-16-18(8-12)28-10-27-16/h3-8,13-14H,9-10H2,1-2H3,(H,20,21,23)/t13-,14-/m1/s1. The number of tetrazole rings is 1. The van der Waals surface area contributed by atoms with Crippen molar-refractivity contribution in [1.29, 1.82) is 0 Å². The van der Waals surface area contributed by atoms with E-state index in [1.165, 1.54) is 0 Å². The van der Waals surface area contributed by atoms with Crippen LogP contribution in [-0.2, 0) is 0 Å². The van der Waals surface area contributed by atoms with Gasteiger partial charge in [-0.1, -0.05) is 17.2 Å². The first-order chi connectivity index (χ1) is 13.8. The van der Waals surface area contributed by atoms with E-state index in [-0.39, 0.29) is 18.9 Å². The highest BCUT2D eigenvalue weighted by molar-refractivity contribution is 5.48. The monoisotopic (exact) mass is 381 g/mol. The molecule has 0 spiro atoms. The number of ether oxygens (including phenoxy) is 4. The van der Waals surface area contributed by atoms with Gasteiger partial charge in [0, 0.05) is 0 Å². The van der Waals surface area contributed by atoms with Crippen molar-refractivity contribution in [3.63, 3.8) is 0 Å². The SMILES string of the molecule is COc1ccc([C@H]2C[C@H](c3ccc4c(c3)OCO4)n3nnnc3N2)cc1OC. The molecule has 2 atom stereocenters. The first kappa shape index (κ1) is 16.7. The fraction of sp³-hybridized carbons (Fsp3) is 0.316. The summed E-state index contributed by atoms with van der Waals surface area (Å²) in [5.41, 5.74) is 2.13. The Morgan fingerprint density at radius 3 is 2.68 bits per heavy atom. The van der Waals surface area contributed by atoms with Gasteiger partial charge >= 0.3 is 0 Å². The summed E-state index contributed by atoms with van der Waals surface area (Å²) < 4.78 is 23.6. The number of rotatable bonds is 4. The molecule has 2 aliphatic rings. The molecule has 0 amide bonds. The molecule has 9 heteroatoms. The van der Waals surface area contributed by atoms with Gasteiger partial charge in [-0.15, -0.1) is 0 Å². The molecule has 3 aromatic rings. The Kier molecular flexibility index (Phi) is 3.92. The number of anilines is 1. The van der Waals surface area contributed by atoms with Crippen molar-refractivity contribution in [2.75, 3.05) is 26.3 Å². The van der Waals surface area contributed by atoms with Crippen LogP contribution in [0.5, 0.6) is 23.0 Å². The maximum Gasteiger partial charge on any atom is 0.243 e. The zero-order chi connectivity index (χ0) is 19.1. The van der Waals surface area contributed by atoms with E-state index in [0.29, 0.717) is 17.4 Å². The van der Waals surface area contributed by atoms with E-state index >= 15 is 0 Å². The lowest BCUT2D eigenvalue weighted by atomic mass is 9.93. The fourth-order valence-electron chi connectivity index (χ4n) is 3.72. The molecule has 5 rings (SSSR count). The lowest BCUT2D eigenvalue weighted by Crippen LogP contribution is -2.28. The second kappa shape index (κ2) is 6.59. The number of methoxy groups -OCH3 is 2. The average molecular weight is 381 g/mol. The minimum absolute atomic E-state index is 0.00808. The molecule has 2 aliphatic heterocycles. The van der Waals surface area contributed by atoms with Crippen molar-refractivity contribution in [3.05, 3.63) is 47.5 Å². The molecule has 0 unspecified atom stereocenters. The van der Waals surface area contributed by atoms with Gasteiger partial charge in [0.1, 0.15) is 0 Å². The quantitative estimate of drug-likeness (QED) is 0.737. The van der Waals surface area contributed by atoms with Crippen LogP contribution in [0.4, 0.5) is 5.95 Å².